The van der Waals surface area contributed by atoms with Gasteiger partial charge in [0, 0.05) is 24.0 Å². The number of ether oxygens (including phenoxy) is 1. The van der Waals surface area contributed by atoms with Crippen molar-refractivity contribution in [3.8, 4) is 0 Å². The summed E-state index contributed by atoms with van der Waals surface area (Å²) in [4.78, 5) is 33.0. The lowest BCUT2D eigenvalue weighted by molar-refractivity contribution is -0.141. The van der Waals surface area contributed by atoms with Crippen LogP contribution in [-0.4, -0.2) is 68.2 Å². The van der Waals surface area contributed by atoms with E-state index in [0.29, 0.717) is 36.3 Å². The Kier molecular flexibility index (Phi) is 5.19. The lowest BCUT2D eigenvalue weighted by atomic mass is 10.1. The first kappa shape index (κ1) is 21.6. The molecule has 10 heteroatoms. The smallest absolute Gasteiger partial charge is 0.345 e. The number of para-hydroxylation sites is 1. The number of hydrogen-bond donors (Lipinski definition) is 1. The van der Waals surface area contributed by atoms with Crippen molar-refractivity contribution in [1.29, 1.82) is 0 Å². The summed E-state index contributed by atoms with van der Waals surface area (Å²) in [5.41, 5.74) is 1.67. The fourth-order valence-electron chi connectivity index (χ4n) is 4.53. The highest BCUT2D eigenvalue weighted by atomic mass is 19.3. The molecule has 1 atom stereocenters. The van der Waals surface area contributed by atoms with Crippen LogP contribution in [0.2, 0.25) is 0 Å². The second-order valence-electron chi connectivity index (χ2n) is 8.90. The number of nitrogens with one attached hydrogen (secondary N) is 1. The van der Waals surface area contributed by atoms with Crippen LogP contribution in [0.5, 0.6) is 0 Å². The zero-order valence-corrected chi connectivity index (χ0v) is 18.4. The highest BCUT2D eigenvalue weighted by Crippen LogP contribution is 2.42. The van der Waals surface area contributed by atoms with Crippen molar-refractivity contribution in [1.82, 2.24) is 24.6 Å². The first-order valence-electron chi connectivity index (χ1n) is 10.9. The van der Waals surface area contributed by atoms with Crippen LogP contribution in [0.1, 0.15) is 46.3 Å². The van der Waals surface area contributed by atoms with Crippen molar-refractivity contribution in [3.63, 3.8) is 0 Å². The molecule has 1 unspecified atom stereocenters. The minimum absolute atomic E-state index is 0.119. The molecule has 1 aliphatic heterocycles. The fourth-order valence-corrected chi connectivity index (χ4v) is 4.53. The summed E-state index contributed by atoms with van der Waals surface area (Å²) in [7, 11) is 1.60. The third kappa shape index (κ3) is 3.78. The van der Waals surface area contributed by atoms with Gasteiger partial charge < -0.3 is 19.5 Å². The van der Waals surface area contributed by atoms with Crippen molar-refractivity contribution < 1.29 is 23.1 Å². The molecule has 3 aromatic rings. The van der Waals surface area contributed by atoms with Crippen LogP contribution in [0.3, 0.4) is 0 Å². The number of aromatic amines is 1. The van der Waals surface area contributed by atoms with Crippen LogP contribution in [0.15, 0.2) is 36.5 Å². The standard InChI is InChI=1S/C23H25F2N5O3/c1-14-11-30-19(12-29(14)21(32)18-9-15-5-3-4-6-17(15)27-18)16(10-26-30)20(31)28(2)23(7-8-23)13-33-22(24)25/h3-6,9-10,14,22,27H,7-8,11-13H2,1-2H3. The Hall–Kier alpha value is -3.27. The topological polar surface area (TPSA) is 83.5 Å². The summed E-state index contributed by atoms with van der Waals surface area (Å²) < 4.78 is 31.3. The van der Waals surface area contributed by atoms with E-state index in [2.05, 4.69) is 14.8 Å². The maximum atomic E-state index is 13.3. The molecular weight excluding hydrogens is 432 g/mol. The third-order valence-corrected chi connectivity index (χ3v) is 6.81. The van der Waals surface area contributed by atoms with Crippen molar-refractivity contribution in [2.24, 2.45) is 0 Å². The summed E-state index contributed by atoms with van der Waals surface area (Å²) in [6.07, 6.45) is 2.71. The molecule has 2 amide bonds. The third-order valence-electron chi connectivity index (χ3n) is 6.81. The molecule has 0 saturated heterocycles. The molecule has 1 aromatic carbocycles. The maximum Gasteiger partial charge on any atom is 0.345 e. The second-order valence-corrected chi connectivity index (χ2v) is 8.90. The van der Waals surface area contributed by atoms with Gasteiger partial charge in [-0.25, -0.2) is 0 Å². The highest BCUT2D eigenvalue weighted by Gasteiger charge is 2.50. The summed E-state index contributed by atoms with van der Waals surface area (Å²) in [5.74, 6) is -0.457. The van der Waals surface area contributed by atoms with E-state index in [9.17, 15) is 18.4 Å². The van der Waals surface area contributed by atoms with E-state index >= 15 is 0 Å². The fraction of sp³-hybridized carbons (Fsp3) is 0.435. The number of alkyl halides is 2. The minimum atomic E-state index is -2.87. The maximum absolute atomic E-state index is 13.3. The zero-order valence-electron chi connectivity index (χ0n) is 18.4. The van der Waals surface area contributed by atoms with Gasteiger partial charge in [0.1, 0.15) is 5.69 Å². The number of H-pyrrole nitrogens is 1. The average Bonchev–Trinajstić information content (AvgIpc) is 3.29. The monoisotopic (exact) mass is 457 g/mol. The van der Waals surface area contributed by atoms with Crippen LogP contribution in [-0.2, 0) is 17.8 Å². The van der Waals surface area contributed by atoms with Gasteiger partial charge in [0.2, 0.25) is 0 Å². The number of hydrogen-bond acceptors (Lipinski definition) is 4. The van der Waals surface area contributed by atoms with E-state index in [1.807, 2.05) is 37.3 Å². The highest BCUT2D eigenvalue weighted by molar-refractivity contribution is 5.99. The molecule has 1 N–H and O–H groups in total. The van der Waals surface area contributed by atoms with Gasteiger partial charge in [0.25, 0.3) is 11.8 Å². The van der Waals surface area contributed by atoms with E-state index in [-0.39, 0.29) is 31.0 Å². The molecule has 2 aliphatic rings. The van der Waals surface area contributed by atoms with Gasteiger partial charge in [-0.2, -0.15) is 13.9 Å². The van der Waals surface area contributed by atoms with Gasteiger partial charge >= 0.3 is 6.61 Å². The molecule has 2 aromatic heterocycles. The number of fused-ring (bicyclic) bond motifs is 2. The summed E-state index contributed by atoms with van der Waals surface area (Å²) in [6, 6.07) is 9.39. The number of nitrogens with zero attached hydrogens (tertiary/aromatic N) is 4. The lowest BCUT2D eigenvalue weighted by Gasteiger charge is -2.34. The van der Waals surface area contributed by atoms with Gasteiger partial charge in [-0.1, -0.05) is 18.2 Å². The number of carbonyl (C=O) groups is 2. The molecule has 0 spiro atoms. The number of benzene rings is 1. The van der Waals surface area contributed by atoms with Gasteiger partial charge in [-0.15, -0.1) is 0 Å². The van der Waals surface area contributed by atoms with Crippen molar-refractivity contribution in [2.45, 2.75) is 51.0 Å². The van der Waals surface area contributed by atoms with Crippen molar-refractivity contribution in [3.05, 3.63) is 53.5 Å². The first-order valence-corrected chi connectivity index (χ1v) is 10.9. The van der Waals surface area contributed by atoms with Crippen LogP contribution in [0.25, 0.3) is 10.9 Å². The number of aromatic nitrogens is 3. The van der Waals surface area contributed by atoms with E-state index in [4.69, 9.17) is 0 Å². The summed E-state index contributed by atoms with van der Waals surface area (Å²) >= 11 is 0. The van der Waals surface area contributed by atoms with Gasteiger partial charge in [0.05, 0.1) is 42.7 Å². The molecule has 1 aliphatic carbocycles. The molecule has 33 heavy (non-hydrogen) atoms. The lowest BCUT2D eigenvalue weighted by Crippen LogP contribution is -2.46. The number of amides is 2. The second kappa shape index (κ2) is 7.95. The molecular formula is C23H25F2N5O3. The molecule has 3 heterocycles. The Bertz CT molecular complexity index is 1180. The largest absolute Gasteiger partial charge is 0.351 e. The Morgan fingerprint density at radius 3 is 2.79 bits per heavy atom. The van der Waals surface area contributed by atoms with E-state index in [1.54, 1.807) is 16.6 Å². The van der Waals surface area contributed by atoms with Crippen LogP contribution >= 0.6 is 0 Å². The molecule has 1 saturated carbocycles. The molecule has 174 valence electrons. The van der Waals surface area contributed by atoms with Gasteiger partial charge in [0.15, 0.2) is 0 Å². The Balaban J connectivity index is 1.38. The van der Waals surface area contributed by atoms with E-state index in [1.165, 1.54) is 11.1 Å². The Morgan fingerprint density at radius 2 is 2.09 bits per heavy atom. The van der Waals surface area contributed by atoms with E-state index < -0.39 is 12.2 Å². The van der Waals surface area contributed by atoms with Gasteiger partial charge in [-0.05, 0) is 31.9 Å². The van der Waals surface area contributed by atoms with E-state index in [0.717, 1.165) is 10.9 Å². The van der Waals surface area contributed by atoms with Crippen LogP contribution < -0.4 is 0 Å². The number of likely N-dealkylation sites (N-methyl/N-ethyl adjacent to an activating group) is 1. The quantitative estimate of drug-likeness (QED) is 0.616. The zero-order chi connectivity index (χ0) is 23.3. The summed E-state index contributed by atoms with van der Waals surface area (Å²) in [6.45, 7) is -0.457. The Morgan fingerprint density at radius 1 is 1.33 bits per heavy atom. The summed E-state index contributed by atoms with van der Waals surface area (Å²) in [5, 5.41) is 5.31. The molecule has 0 radical (unpaired) electrons. The molecule has 1 fully saturated rings. The predicted octanol–water partition coefficient (Wildman–Crippen LogP) is 3.25. The van der Waals surface area contributed by atoms with Crippen LogP contribution in [0.4, 0.5) is 8.78 Å². The Labute approximate surface area is 189 Å². The molecule has 5 rings (SSSR count). The average molecular weight is 457 g/mol. The number of halogens is 2. The minimum Gasteiger partial charge on any atom is -0.351 e. The van der Waals surface area contributed by atoms with Crippen LogP contribution in [0, 0.1) is 0 Å². The SMILES string of the molecule is CC1Cn2ncc(C(=O)N(C)C3(COC(F)F)CC3)c2CN1C(=O)c1cc2ccccc2[nH]1. The number of rotatable bonds is 6. The normalized spacial score (nSPS) is 19.1. The molecule has 0 bridgehead atoms. The number of carbonyl (C=O) groups excluding carboxylic acids is 2. The van der Waals surface area contributed by atoms with Gasteiger partial charge in [-0.3, -0.25) is 14.3 Å². The van der Waals surface area contributed by atoms with Crippen molar-refractivity contribution in [2.75, 3.05) is 13.7 Å². The van der Waals surface area contributed by atoms with Crippen molar-refractivity contribution >= 4 is 22.7 Å². The predicted molar refractivity (Wildman–Crippen MR) is 116 cm³/mol. The first-order chi connectivity index (χ1) is 15.8. The molecule has 8 nitrogen and oxygen atoms in total.